The zero-order valence-electron chi connectivity index (χ0n) is 8.09. The van der Waals surface area contributed by atoms with Gasteiger partial charge in [0.1, 0.15) is 17.0 Å². The Kier molecular flexibility index (Phi) is 1.68. The van der Waals surface area contributed by atoms with Gasteiger partial charge in [0.2, 0.25) is 5.91 Å². The van der Waals surface area contributed by atoms with Gasteiger partial charge >= 0.3 is 0 Å². The molecule has 1 aromatic rings. The zero-order chi connectivity index (χ0) is 10.5. The van der Waals surface area contributed by atoms with Crippen molar-refractivity contribution in [3.05, 3.63) is 16.8 Å². The molecule has 3 N–H and O–H groups in total. The smallest absolute Gasteiger partial charge is 0.250 e. The van der Waals surface area contributed by atoms with E-state index in [1.807, 2.05) is 0 Å². The van der Waals surface area contributed by atoms with Gasteiger partial charge in [-0.2, -0.15) is 0 Å². The van der Waals surface area contributed by atoms with Crippen molar-refractivity contribution in [1.82, 2.24) is 4.98 Å². The Hall–Kier alpha value is -1.36. The van der Waals surface area contributed by atoms with Crippen molar-refractivity contribution in [3.8, 4) is 0 Å². The molecule has 1 saturated carbocycles. The Bertz CT molecular complexity index is 490. The van der Waals surface area contributed by atoms with Crippen LogP contribution < -0.4 is 10.6 Å². The fraction of sp³-hybridized carbons (Fsp3) is 0.400. The molecule has 0 radical (unpaired) electrons. The van der Waals surface area contributed by atoms with Crippen LogP contribution in [0.25, 0.3) is 0 Å². The Morgan fingerprint density at radius 2 is 2.20 bits per heavy atom. The fourth-order valence-corrected chi connectivity index (χ4v) is 2.33. The first-order valence-corrected chi connectivity index (χ1v) is 5.43. The fourth-order valence-electron chi connectivity index (χ4n) is 2.11. The van der Waals surface area contributed by atoms with Crippen LogP contribution in [-0.2, 0) is 4.79 Å². The summed E-state index contributed by atoms with van der Waals surface area (Å²) in [4.78, 5) is 15.0. The van der Waals surface area contributed by atoms with Crippen LogP contribution in [0.5, 0.6) is 0 Å². The van der Waals surface area contributed by atoms with Crippen molar-refractivity contribution in [1.29, 1.82) is 0 Å². The molecule has 2 aliphatic rings. The molecule has 1 aliphatic heterocycles. The molecule has 1 aliphatic carbocycles. The highest BCUT2D eigenvalue weighted by molar-refractivity contribution is 7.71. The second kappa shape index (κ2) is 2.82. The first-order valence-electron chi connectivity index (χ1n) is 5.03. The number of nitrogens with one attached hydrogen (secondary N) is 3. The number of anilines is 2. The Balaban J connectivity index is 2.10. The molecule has 4 nitrogen and oxygen atoms in total. The number of aromatic nitrogens is 1. The standard InChI is InChI=1S/C10H11N3OS/c14-9-10(3-1-4-10)13-8-7(12-9)6(15)2-5-11-8/h2,5H,1,3-4H2,(H,12,14)(H2,11,13,15). The van der Waals surface area contributed by atoms with E-state index in [2.05, 4.69) is 15.6 Å². The highest BCUT2D eigenvalue weighted by Gasteiger charge is 2.47. The van der Waals surface area contributed by atoms with E-state index >= 15 is 0 Å². The zero-order valence-corrected chi connectivity index (χ0v) is 8.91. The number of fused-ring (bicyclic) bond motifs is 1. The Morgan fingerprint density at radius 3 is 2.87 bits per heavy atom. The van der Waals surface area contributed by atoms with Crippen LogP contribution >= 0.6 is 12.2 Å². The van der Waals surface area contributed by atoms with E-state index in [0.717, 1.165) is 25.1 Å². The van der Waals surface area contributed by atoms with Crippen LogP contribution in [0, 0.1) is 4.51 Å². The summed E-state index contributed by atoms with van der Waals surface area (Å²) in [6, 6.07) is 1.77. The van der Waals surface area contributed by atoms with E-state index in [1.165, 1.54) is 0 Å². The number of H-pyrrole nitrogens is 1. The van der Waals surface area contributed by atoms with Gasteiger partial charge in [0.15, 0.2) is 0 Å². The van der Waals surface area contributed by atoms with Crippen LogP contribution in [0.3, 0.4) is 0 Å². The number of aromatic amines is 1. The molecule has 1 fully saturated rings. The summed E-state index contributed by atoms with van der Waals surface area (Å²) >= 11 is 5.15. The molecule has 1 aromatic heterocycles. The van der Waals surface area contributed by atoms with Crippen molar-refractivity contribution >= 4 is 29.6 Å². The molecule has 0 bridgehead atoms. The average Bonchev–Trinajstić information content (AvgIpc) is 2.16. The van der Waals surface area contributed by atoms with Crippen LogP contribution in [-0.4, -0.2) is 16.4 Å². The van der Waals surface area contributed by atoms with E-state index in [9.17, 15) is 4.79 Å². The second-order valence-electron chi connectivity index (χ2n) is 4.11. The molecule has 2 heterocycles. The van der Waals surface area contributed by atoms with Crippen LogP contribution in [0.2, 0.25) is 0 Å². The SMILES string of the molecule is O=C1Nc2c([nH]ccc2=S)NC12CCC2. The van der Waals surface area contributed by atoms with Crippen LogP contribution in [0.1, 0.15) is 19.3 Å². The van der Waals surface area contributed by atoms with E-state index in [-0.39, 0.29) is 11.4 Å². The Labute approximate surface area is 92.1 Å². The molecule has 78 valence electrons. The normalized spacial score (nSPS) is 21.2. The maximum Gasteiger partial charge on any atom is 0.250 e. The summed E-state index contributed by atoms with van der Waals surface area (Å²) in [5.41, 5.74) is 0.321. The predicted octanol–water partition coefficient (Wildman–Crippen LogP) is 2.03. The van der Waals surface area contributed by atoms with Gasteiger partial charge in [0.25, 0.3) is 0 Å². The van der Waals surface area contributed by atoms with Crippen molar-refractivity contribution in [2.75, 3.05) is 10.6 Å². The average molecular weight is 221 g/mol. The third-order valence-corrected chi connectivity index (χ3v) is 3.54. The number of carbonyl (C=O) groups excluding carboxylic acids is 1. The first kappa shape index (κ1) is 8.91. The highest BCUT2D eigenvalue weighted by Crippen LogP contribution is 2.41. The number of hydrogen-bond acceptors (Lipinski definition) is 3. The minimum absolute atomic E-state index is 0.0481. The summed E-state index contributed by atoms with van der Waals surface area (Å²) in [7, 11) is 0. The van der Waals surface area contributed by atoms with E-state index in [1.54, 1.807) is 12.3 Å². The van der Waals surface area contributed by atoms with Gasteiger partial charge in [-0.1, -0.05) is 12.2 Å². The van der Waals surface area contributed by atoms with Gasteiger partial charge in [-0.15, -0.1) is 0 Å². The van der Waals surface area contributed by atoms with Crippen molar-refractivity contribution in [2.24, 2.45) is 0 Å². The lowest BCUT2D eigenvalue weighted by Gasteiger charge is -2.44. The van der Waals surface area contributed by atoms with Crippen molar-refractivity contribution in [2.45, 2.75) is 24.8 Å². The third kappa shape index (κ3) is 1.13. The van der Waals surface area contributed by atoms with Gasteiger partial charge in [-0.3, -0.25) is 4.79 Å². The molecular formula is C10H11N3OS. The number of hydrogen-bond donors (Lipinski definition) is 3. The molecule has 15 heavy (non-hydrogen) atoms. The lowest BCUT2D eigenvalue weighted by molar-refractivity contribution is -0.123. The molecular weight excluding hydrogens is 210 g/mol. The van der Waals surface area contributed by atoms with E-state index < -0.39 is 0 Å². The molecule has 0 unspecified atom stereocenters. The summed E-state index contributed by atoms with van der Waals surface area (Å²) < 4.78 is 0.666. The minimum Gasteiger partial charge on any atom is -0.356 e. The summed E-state index contributed by atoms with van der Waals surface area (Å²) in [5, 5.41) is 6.15. The number of pyridine rings is 1. The summed E-state index contributed by atoms with van der Waals surface area (Å²) in [5.74, 6) is 0.883. The predicted molar refractivity (Wildman–Crippen MR) is 60.5 cm³/mol. The largest absolute Gasteiger partial charge is 0.356 e. The molecule has 0 saturated heterocycles. The quantitative estimate of drug-likeness (QED) is 0.587. The molecule has 1 amide bonds. The van der Waals surface area contributed by atoms with Gasteiger partial charge in [0, 0.05) is 6.20 Å². The maximum absolute atomic E-state index is 11.9. The van der Waals surface area contributed by atoms with Crippen LogP contribution in [0.15, 0.2) is 12.3 Å². The van der Waals surface area contributed by atoms with Gasteiger partial charge < -0.3 is 15.6 Å². The second-order valence-corrected chi connectivity index (χ2v) is 4.55. The molecule has 3 rings (SSSR count). The minimum atomic E-state index is -0.382. The highest BCUT2D eigenvalue weighted by atomic mass is 32.1. The molecule has 5 heteroatoms. The van der Waals surface area contributed by atoms with E-state index in [4.69, 9.17) is 12.2 Å². The maximum atomic E-state index is 11.9. The molecule has 1 spiro atoms. The number of carbonyl (C=O) groups is 1. The van der Waals surface area contributed by atoms with Crippen molar-refractivity contribution < 1.29 is 4.79 Å². The lowest BCUT2D eigenvalue weighted by atomic mass is 9.75. The molecule has 0 atom stereocenters. The van der Waals surface area contributed by atoms with Crippen LogP contribution in [0.4, 0.5) is 11.5 Å². The van der Waals surface area contributed by atoms with E-state index in [0.29, 0.717) is 10.2 Å². The van der Waals surface area contributed by atoms with Crippen molar-refractivity contribution in [3.63, 3.8) is 0 Å². The molecule has 0 aromatic carbocycles. The summed E-state index contributed by atoms with van der Waals surface area (Å²) in [6.07, 6.45) is 4.68. The van der Waals surface area contributed by atoms with Gasteiger partial charge in [0.05, 0.1) is 4.51 Å². The topological polar surface area (TPSA) is 56.9 Å². The third-order valence-electron chi connectivity index (χ3n) is 3.20. The number of rotatable bonds is 0. The van der Waals surface area contributed by atoms with Gasteiger partial charge in [-0.25, -0.2) is 0 Å². The first-order chi connectivity index (χ1) is 7.21. The van der Waals surface area contributed by atoms with Gasteiger partial charge in [-0.05, 0) is 25.3 Å². The number of amides is 1. The Morgan fingerprint density at radius 1 is 1.40 bits per heavy atom. The lowest BCUT2D eigenvalue weighted by Crippen LogP contribution is -2.57. The summed E-state index contributed by atoms with van der Waals surface area (Å²) in [6.45, 7) is 0. The monoisotopic (exact) mass is 221 g/mol.